The molecule has 3 heteroatoms. The second-order valence-corrected chi connectivity index (χ2v) is 6.18. The monoisotopic (exact) mass is 214 g/mol. The molecule has 82 valence electrons. The molecule has 0 heterocycles. The van der Waals surface area contributed by atoms with Gasteiger partial charge in [0.1, 0.15) is 0 Å². The van der Waals surface area contributed by atoms with E-state index in [2.05, 4.69) is 23.3 Å². The maximum Gasteiger partial charge on any atom is 0.0281 e. The van der Waals surface area contributed by atoms with Gasteiger partial charge in [0, 0.05) is 23.4 Å². The lowest BCUT2D eigenvalue weighted by Crippen LogP contribution is -2.51. The Morgan fingerprint density at radius 2 is 2.00 bits per heavy atom. The summed E-state index contributed by atoms with van der Waals surface area (Å²) in [5.41, 5.74) is 5.77. The Hall–Kier alpha value is 0.270. The number of nitrogens with one attached hydrogen (secondary N) is 1. The van der Waals surface area contributed by atoms with Gasteiger partial charge in [-0.2, -0.15) is 11.8 Å². The SMILES string of the molecule is CSC1(CNC2CC(N)C2)CCCC1. The van der Waals surface area contributed by atoms with Crippen LogP contribution in [0.5, 0.6) is 0 Å². The van der Waals surface area contributed by atoms with Crippen molar-refractivity contribution in [1.82, 2.24) is 5.32 Å². The molecule has 0 atom stereocenters. The average Bonchev–Trinajstić information content (AvgIpc) is 2.60. The summed E-state index contributed by atoms with van der Waals surface area (Å²) in [6.45, 7) is 1.20. The van der Waals surface area contributed by atoms with Crippen molar-refractivity contribution >= 4 is 11.8 Å². The molecule has 14 heavy (non-hydrogen) atoms. The summed E-state index contributed by atoms with van der Waals surface area (Å²) in [6.07, 6.45) is 10.3. The van der Waals surface area contributed by atoms with Crippen LogP contribution in [0.15, 0.2) is 0 Å². The second kappa shape index (κ2) is 4.42. The van der Waals surface area contributed by atoms with Crippen molar-refractivity contribution in [3.05, 3.63) is 0 Å². The zero-order valence-electron chi connectivity index (χ0n) is 9.09. The zero-order chi connectivity index (χ0) is 10.0. The van der Waals surface area contributed by atoms with Crippen LogP contribution in [0, 0.1) is 0 Å². The van der Waals surface area contributed by atoms with Crippen LogP contribution in [0.1, 0.15) is 38.5 Å². The normalized spacial score (nSPS) is 35.6. The molecule has 0 spiro atoms. The van der Waals surface area contributed by atoms with Crippen molar-refractivity contribution in [3.8, 4) is 0 Å². The van der Waals surface area contributed by atoms with Gasteiger partial charge in [0.2, 0.25) is 0 Å². The highest BCUT2D eigenvalue weighted by Gasteiger charge is 2.34. The van der Waals surface area contributed by atoms with Crippen molar-refractivity contribution in [2.45, 2.75) is 55.4 Å². The molecule has 0 aromatic heterocycles. The minimum atomic E-state index is 0.473. The van der Waals surface area contributed by atoms with Gasteiger partial charge in [0.05, 0.1) is 0 Å². The standard InChI is InChI=1S/C11H22N2S/c1-14-11(4-2-3-5-11)8-13-10-6-9(12)7-10/h9-10,13H,2-8,12H2,1H3. The van der Waals surface area contributed by atoms with Crippen LogP contribution in [0.2, 0.25) is 0 Å². The summed E-state index contributed by atoms with van der Waals surface area (Å²) in [5.74, 6) is 0. The van der Waals surface area contributed by atoms with Crippen molar-refractivity contribution < 1.29 is 0 Å². The zero-order valence-corrected chi connectivity index (χ0v) is 9.91. The third-order valence-corrected chi connectivity index (χ3v) is 5.25. The lowest BCUT2D eigenvalue weighted by Gasteiger charge is -2.37. The molecule has 2 rings (SSSR count). The van der Waals surface area contributed by atoms with E-state index in [1.807, 2.05) is 0 Å². The van der Waals surface area contributed by atoms with Crippen molar-refractivity contribution in [2.24, 2.45) is 5.73 Å². The Morgan fingerprint density at radius 1 is 1.36 bits per heavy atom. The highest BCUT2D eigenvalue weighted by molar-refractivity contribution is 8.00. The van der Waals surface area contributed by atoms with E-state index >= 15 is 0 Å². The maximum absolute atomic E-state index is 5.77. The predicted molar refractivity (Wildman–Crippen MR) is 63.7 cm³/mol. The Labute approximate surface area is 91.4 Å². The molecule has 3 N–H and O–H groups in total. The molecule has 0 amide bonds. The minimum absolute atomic E-state index is 0.473. The third kappa shape index (κ3) is 2.26. The molecular formula is C11H22N2S. The Balaban J connectivity index is 1.72. The number of nitrogens with two attached hydrogens (primary N) is 1. The van der Waals surface area contributed by atoms with Crippen molar-refractivity contribution in [3.63, 3.8) is 0 Å². The van der Waals surface area contributed by atoms with E-state index < -0.39 is 0 Å². The average molecular weight is 214 g/mol. The number of hydrogen-bond donors (Lipinski definition) is 2. The van der Waals surface area contributed by atoms with Gasteiger partial charge in [0.15, 0.2) is 0 Å². The van der Waals surface area contributed by atoms with Gasteiger partial charge in [-0.3, -0.25) is 0 Å². The van der Waals surface area contributed by atoms with Gasteiger partial charge >= 0.3 is 0 Å². The van der Waals surface area contributed by atoms with E-state index in [1.165, 1.54) is 45.1 Å². The molecular weight excluding hydrogens is 192 g/mol. The maximum atomic E-state index is 5.77. The smallest absolute Gasteiger partial charge is 0.0281 e. The first-order valence-corrected chi connectivity index (χ1v) is 7.01. The van der Waals surface area contributed by atoms with E-state index in [0.29, 0.717) is 10.8 Å². The molecule has 0 unspecified atom stereocenters. The van der Waals surface area contributed by atoms with E-state index in [0.717, 1.165) is 6.04 Å². The first kappa shape index (κ1) is 10.8. The van der Waals surface area contributed by atoms with Crippen LogP contribution in [0.25, 0.3) is 0 Å². The highest BCUT2D eigenvalue weighted by Crippen LogP contribution is 2.39. The van der Waals surface area contributed by atoms with Gasteiger partial charge < -0.3 is 11.1 Å². The van der Waals surface area contributed by atoms with Gasteiger partial charge in [-0.25, -0.2) is 0 Å². The lowest BCUT2D eigenvalue weighted by molar-refractivity contribution is 0.283. The molecule has 2 nitrogen and oxygen atoms in total. The molecule has 0 aromatic carbocycles. The largest absolute Gasteiger partial charge is 0.328 e. The quantitative estimate of drug-likeness (QED) is 0.748. The number of rotatable bonds is 4. The molecule has 0 radical (unpaired) electrons. The number of hydrogen-bond acceptors (Lipinski definition) is 3. The van der Waals surface area contributed by atoms with Crippen LogP contribution < -0.4 is 11.1 Å². The van der Waals surface area contributed by atoms with Gasteiger partial charge in [-0.05, 0) is 31.9 Å². The van der Waals surface area contributed by atoms with Gasteiger partial charge in [-0.1, -0.05) is 12.8 Å². The highest BCUT2D eigenvalue weighted by atomic mass is 32.2. The Kier molecular flexibility index (Phi) is 3.40. The molecule has 0 aromatic rings. The van der Waals surface area contributed by atoms with Crippen LogP contribution in [0.3, 0.4) is 0 Å². The van der Waals surface area contributed by atoms with E-state index in [-0.39, 0.29) is 0 Å². The van der Waals surface area contributed by atoms with Crippen molar-refractivity contribution in [2.75, 3.05) is 12.8 Å². The topological polar surface area (TPSA) is 38.0 Å². The van der Waals surface area contributed by atoms with Crippen LogP contribution >= 0.6 is 11.8 Å². The summed E-state index contributed by atoms with van der Waals surface area (Å²) in [7, 11) is 0. The van der Waals surface area contributed by atoms with Gasteiger partial charge in [0.25, 0.3) is 0 Å². The molecule has 2 aliphatic rings. The summed E-state index contributed by atoms with van der Waals surface area (Å²) in [6, 6.07) is 1.19. The van der Waals surface area contributed by atoms with Crippen LogP contribution in [-0.2, 0) is 0 Å². The Morgan fingerprint density at radius 3 is 2.50 bits per heavy atom. The van der Waals surface area contributed by atoms with Gasteiger partial charge in [-0.15, -0.1) is 0 Å². The van der Waals surface area contributed by atoms with Crippen molar-refractivity contribution in [1.29, 1.82) is 0 Å². The third-order valence-electron chi connectivity index (χ3n) is 3.84. The molecule has 2 saturated carbocycles. The predicted octanol–water partition coefficient (Wildman–Crippen LogP) is 1.74. The molecule has 0 bridgehead atoms. The fourth-order valence-electron chi connectivity index (χ4n) is 2.63. The molecule has 0 saturated heterocycles. The molecule has 2 aliphatic carbocycles. The van der Waals surface area contributed by atoms with E-state index in [9.17, 15) is 0 Å². The first-order valence-electron chi connectivity index (χ1n) is 5.78. The summed E-state index contributed by atoms with van der Waals surface area (Å²) >= 11 is 2.06. The fourth-order valence-corrected chi connectivity index (χ4v) is 3.56. The number of thioether (sulfide) groups is 1. The summed E-state index contributed by atoms with van der Waals surface area (Å²) in [5, 5.41) is 3.68. The van der Waals surface area contributed by atoms with E-state index in [1.54, 1.807) is 0 Å². The van der Waals surface area contributed by atoms with E-state index in [4.69, 9.17) is 5.73 Å². The second-order valence-electron chi connectivity index (χ2n) is 4.90. The molecule has 0 aliphatic heterocycles. The van der Waals surface area contributed by atoms with Crippen LogP contribution in [0.4, 0.5) is 0 Å². The lowest BCUT2D eigenvalue weighted by atomic mass is 9.87. The van der Waals surface area contributed by atoms with Crippen LogP contribution in [-0.4, -0.2) is 29.6 Å². The summed E-state index contributed by atoms with van der Waals surface area (Å²) < 4.78 is 0.555. The Bertz CT molecular complexity index is 184. The molecule has 2 fully saturated rings. The minimum Gasteiger partial charge on any atom is -0.328 e. The summed E-state index contributed by atoms with van der Waals surface area (Å²) in [4.78, 5) is 0. The fraction of sp³-hybridized carbons (Fsp3) is 1.00. The first-order chi connectivity index (χ1) is 6.74.